The number of sulfone groups is 1. The van der Waals surface area contributed by atoms with Crippen LogP contribution in [0, 0.1) is 0 Å². The van der Waals surface area contributed by atoms with Crippen LogP contribution in [0.1, 0.15) is 0 Å². The number of hydrogen-bond donors (Lipinski definition) is 2. The van der Waals surface area contributed by atoms with Crippen LogP contribution < -0.4 is 10.2 Å². The molecule has 2 aromatic rings. The number of ether oxygens (including phenoxy) is 2. The van der Waals surface area contributed by atoms with E-state index < -0.39 is 31.8 Å². The Bertz CT molecular complexity index is 1370. The van der Waals surface area contributed by atoms with Gasteiger partial charge in [0.2, 0.25) is 10.0 Å². The van der Waals surface area contributed by atoms with E-state index in [1.165, 1.54) is 58.9 Å². The number of rotatable bonds is 6. The van der Waals surface area contributed by atoms with Crippen molar-refractivity contribution in [2.75, 3.05) is 52.2 Å². The molecule has 2 aliphatic rings. The van der Waals surface area contributed by atoms with Crippen molar-refractivity contribution >= 4 is 31.8 Å². The van der Waals surface area contributed by atoms with Gasteiger partial charge in [0, 0.05) is 39.0 Å². The summed E-state index contributed by atoms with van der Waals surface area (Å²) in [5, 5.41) is 9.25. The van der Waals surface area contributed by atoms with Gasteiger partial charge in [0.1, 0.15) is 17.5 Å². The summed E-state index contributed by atoms with van der Waals surface area (Å²) in [7, 11) is -7.54. The van der Waals surface area contributed by atoms with Crippen LogP contribution in [0.2, 0.25) is 0 Å². The molecule has 0 aromatic heterocycles. The number of amides is 3. The van der Waals surface area contributed by atoms with E-state index in [1.807, 2.05) is 0 Å². The van der Waals surface area contributed by atoms with Crippen molar-refractivity contribution in [3.8, 4) is 11.5 Å². The highest BCUT2D eigenvalue weighted by Gasteiger charge is 2.42. The molecule has 206 valence electrons. The number of carbonyl (C=O) groups is 2. The van der Waals surface area contributed by atoms with Gasteiger partial charge in [-0.05, 0) is 48.5 Å². The molecule has 2 fully saturated rings. The average Bonchev–Trinajstić information content (AvgIpc) is 2.92. The number of carbonyl (C=O) groups excluding carboxylic acids is 2. The molecule has 4 rings (SSSR count). The number of nitrogens with zero attached hydrogens (tertiary/aromatic N) is 3. The lowest BCUT2D eigenvalue weighted by molar-refractivity contribution is -0.134. The summed E-state index contributed by atoms with van der Waals surface area (Å²) in [6.45, 7) is 1.26. The number of sulfonamides is 1. The summed E-state index contributed by atoms with van der Waals surface area (Å²) in [4.78, 5) is 28.3. The normalized spacial score (nSPS) is 19.2. The van der Waals surface area contributed by atoms with E-state index in [0.717, 1.165) is 10.6 Å². The Morgan fingerprint density at radius 3 is 1.95 bits per heavy atom. The van der Waals surface area contributed by atoms with Gasteiger partial charge in [0.15, 0.2) is 9.84 Å². The van der Waals surface area contributed by atoms with Gasteiger partial charge in [0.25, 0.3) is 5.91 Å². The minimum Gasteiger partial charge on any atom is -0.457 e. The Morgan fingerprint density at radius 1 is 0.868 bits per heavy atom. The predicted octanol–water partition coefficient (Wildman–Crippen LogP) is 0.515. The van der Waals surface area contributed by atoms with Crippen molar-refractivity contribution in [2.24, 2.45) is 0 Å². The number of hydroxylamine groups is 1. The molecule has 2 aliphatic heterocycles. The second-order valence-corrected chi connectivity index (χ2v) is 12.7. The number of benzene rings is 2. The summed E-state index contributed by atoms with van der Waals surface area (Å²) >= 11 is 0. The molecule has 2 N–H and O–H groups in total. The molecule has 0 saturated carbocycles. The molecule has 38 heavy (non-hydrogen) atoms. The lowest BCUT2D eigenvalue weighted by Gasteiger charge is -2.41. The van der Waals surface area contributed by atoms with Gasteiger partial charge in [-0.15, -0.1) is 0 Å². The number of piperazine rings is 1. The summed E-state index contributed by atoms with van der Waals surface area (Å²) in [6, 6.07) is 9.59. The average molecular weight is 569 g/mol. The molecule has 0 radical (unpaired) electrons. The molecular formula is C23H28N4O9S2. The van der Waals surface area contributed by atoms with Crippen LogP contribution in [-0.2, 0) is 29.4 Å². The maximum absolute atomic E-state index is 13.4. The molecule has 13 nitrogen and oxygen atoms in total. The Balaban J connectivity index is 1.48. The third-order valence-corrected chi connectivity index (χ3v) is 9.26. The van der Waals surface area contributed by atoms with Crippen LogP contribution in [0.15, 0.2) is 58.3 Å². The van der Waals surface area contributed by atoms with Crippen LogP contribution in [0.25, 0.3) is 0 Å². The van der Waals surface area contributed by atoms with Gasteiger partial charge in [-0.2, -0.15) is 4.31 Å². The lowest BCUT2D eigenvalue weighted by Crippen LogP contribution is -2.63. The lowest BCUT2D eigenvalue weighted by atomic mass is 10.2. The van der Waals surface area contributed by atoms with E-state index >= 15 is 0 Å². The van der Waals surface area contributed by atoms with E-state index in [0.29, 0.717) is 37.8 Å². The molecule has 1 atom stereocenters. The molecule has 2 heterocycles. The number of urea groups is 1. The quantitative estimate of drug-likeness (QED) is 0.373. The molecule has 0 spiro atoms. The fourth-order valence-corrected chi connectivity index (χ4v) is 6.38. The van der Waals surface area contributed by atoms with Crippen molar-refractivity contribution in [3.05, 3.63) is 48.5 Å². The van der Waals surface area contributed by atoms with Crippen LogP contribution in [-0.4, -0.2) is 106 Å². The third kappa shape index (κ3) is 6.07. The van der Waals surface area contributed by atoms with E-state index in [2.05, 4.69) is 0 Å². The predicted molar refractivity (Wildman–Crippen MR) is 133 cm³/mol. The summed E-state index contributed by atoms with van der Waals surface area (Å²) in [5.74, 6) is -0.291. The van der Waals surface area contributed by atoms with Gasteiger partial charge >= 0.3 is 6.03 Å². The molecule has 2 saturated heterocycles. The van der Waals surface area contributed by atoms with E-state index in [9.17, 15) is 31.6 Å². The van der Waals surface area contributed by atoms with Gasteiger partial charge < -0.3 is 19.3 Å². The molecule has 0 aliphatic carbocycles. The summed E-state index contributed by atoms with van der Waals surface area (Å²) in [5.41, 5.74) is 1.50. The second-order valence-electron chi connectivity index (χ2n) is 8.75. The summed E-state index contributed by atoms with van der Waals surface area (Å²) in [6.07, 6.45) is 1.10. The molecule has 15 heteroatoms. The first-order valence-electron chi connectivity index (χ1n) is 11.7. The Morgan fingerprint density at radius 2 is 1.42 bits per heavy atom. The Hall–Kier alpha value is -3.24. The number of hydrogen-bond acceptors (Lipinski definition) is 9. The summed E-state index contributed by atoms with van der Waals surface area (Å²) < 4.78 is 62.0. The van der Waals surface area contributed by atoms with E-state index in [-0.39, 0.29) is 35.5 Å². The van der Waals surface area contributed by atoms with Crippen molar-refractivity contribution in [1.29, 1.82) is 0 Å². The zero-order chi connectivity index (χ0) is 27.5. The Kier molecular flexibility index (Phi) is 8.22. The fourth-order valence-electron chi connectivity index (χ4n) is 4.18. The van der Waals surface area contributed by atoms with Crippen LogP contribution in [0.5, 0.6) is 11.5 Å². The standard InChI is InChI=1S/C23H28N4O9S2/c1-37(31,32)19-6-2-17(3-7-19)36-18-4-8-20(9-5-18)38(33,34)27-11-10-26(16-21(27)22(28)24-30)23(29)25-12-14-35-15-13-25/h2-9,21,30H,10-16H2,1H3,(H,24,28). The van der Waals surface area contributed by atoms with Crippen LogP contribution in [0.3, 0.4) is 0 Å². The monoisotopic (exact) mass is 568 g/mol. The fraction of sp³-hybridized carbons (Fsp3) is 0.391. The smallest absolute Gasteiger partial charge is 0.320 e. The second kappa shape index (κ2) is 11.2. The first-order chi connectivity index (χ1) is 18.0. The molecule has 3 amide bonds. The van der Waals surface area contributed by atoms with Gasteiger partial charge in [-0.1, -0.05) is 0 Å². The third-order valence-electron chi connectivity index (χ3n) is 6.21. The molecule has 1 unspecified atom stereocenters. The van der Waals surface area contributed by atoms with Gasteiger partial charge in [-0.25, -0.2) is 27.1 Å². The number of nitrogens with one attached hydrogen (secondary N) is 1. The van der Waals surface area contributed by atoms with Gasteiger partial charge in [-0.3, -0.25) is 10.0 Å². The topological polar surface area (TPSA) is 163 Å². The van der Waals surface area contributed by atoms with Crippen molar-refractivity contribution < 1.29 is 41.1 Å². The molecule has 0 bridgehead atoms. The van der Waals surface area contributed by atoms with Crippen molar-refractivity contribution in [1.82, 2.24) is 19.6 Å². The SMILES string of the molecule is CS(=O)(=O)c1ccc(Oc2ccc(S(=O)(=O)N3CCN(C(=O)N4CCOCC4)CC3C(=O)NO)cc2)cc1. The van der Waals surface area contributed by atoms with Crippen molar-refractivity contribution in [3.63, 3.8) is 0 Å². The largest absolute Gasteiger partial charge is 0.457 e. The Labute approximate surface area is 220 Å². The minimum atomic E-state index is -4.18. The zero-order valence-corrected chi connectivity index (χ0v) is 22.2. The maximum Gasteiger partial charge on any atom is 0.320 e. The van der Waals surface area contributed by atoms with Crippen LogP contribution in [0.4, 0.5) is 4.79 Å². The number of morpholine rings is 1. The first kappa shape index (κ1) is 27.8. The highest BCUT2D eigenvalue weighted by Crippen LogP contribution is 2.27. The van der Waals surface area contributed by atoms with E-state index in [1.54, 1.807) is 4.90 Å². The van der Waals surface area contributed by atoms with Gasteiger partial charge in [0.05, 0.1) is 23.0 Å². The van der Waals surface area contributed by atoms with E-state index in [4.69, 9.17) is 9.47 Å². The minimum absolute atomic E-state index is 0.0648. The van der Waals surface area contributed by atoms with Crippen LogP contribution >= 0.6 is 0 Å². The maximum atomic E-state index is 13.4. The highest BCUT2D eigenvalue weighted by molar-refractivity contribution is 7.90. The zero-order valence-electron chi connectivity index (χ0n) is 20.5. The highest BCUT2D eigenvalue weighted by atomic mass is 32.2. The molecule has 2 aromatic carbocycles. The van der Waals surface area contributed by atoms with Crippen molar-refractivity contribution in [2.45, 2.75) is 15.8 Å². The molecular weight excluding hydrogens is 540 g/mol. The first-order valence-corrected chi connectivity index (χ1v) is 15.0.